The highest BCUT2D eigenvalue weighted by molar-refractivity contribution is 7.23. The van der Waals surface area contributed by atoms with Crippen molar-refractivity contribution in [1.82, 2.24) is 14.9 Å². The maximum absolute atomic E-state index is 5.84. The van der Waals surface area contributed by atoms with E-state index >= 15 is 0 Å². The van der Waals surface area contributed by atoms with Crippen molar-refractivity contribution in [2.75, 3.05) is 18.4 Å². The van der Waals surface area contributed by atoms with Crippen molar-refractivity contribution in [1.29, 1.82) is 0 Å². The number of nitrogens with zero attached hydrogens (tertiary/aromatic N) is 3. The van der Waals surface area contributed by atoms with E-state index in [9.17, 15) is 0 Å². The molecule has 3 heterocycles. The summed E-state index contributed by atoms with van der Waals surface area (Å²) in [6, 6.07) is 14.4. The standard InChI is InChI=1S/C22H25BN4S/c1-2-16-9-12-27(13-10-16)15-17-4-3-5-18(14-17)25-22-24-11-8-19(26-22)20-6-7-21(23)28-20/h3-8,11,14,16H,2,9-10,12-13,15H2,1H3,(H,24,25,26). The summed E-state index contributed by atoms with van der Waals surface area (Å²) in [5, 5.41) is 3.35. The summed E-state index contributed by atoms with van der Waals surface area (Å²) < 4.78 is 0.791. The monoisotopic (exact) mass is 388 g/mol. The number of rotatable bonds is 6. The smallest absolute Gasteiger partial charge is 0.227 e. The first-order valence-corrected chi connectivity index (χ1v) is 10.8. The zero-order valence-electron chi connectivity index (χ0n) is 16.3. The molecule has 3 aromatic rings. The minimum Gasteiger partial charge on any atom is -0.324 e. The number of aromatic nitrogens is 2. The van der Waals surface area contributed by atoms with E-state index in [1.54, 1.807) is 6.20 Å². The number of piperidine rings is 1. The van der Waals surface area contributed by atoms with Crippen molar-refractivity contribution in [3.8, 4) is 10.6 Å². The van der Waals surface area contributed by atoms with Crippen LogP contribution in [-0.2, 0) is 6.54 Å². The molecule has 1 fully saturated rings. The average Bonchev–Trinajstić information content (AvgIpc) is 3.16. The Morgan fingerprint density at radius 2 is 2.04 bits per heavy atom. The number of likely N-dealkylation sites (tertiary alicyclic amines) is 1. The largest absolute Gasteiger partial charge is 0.324 e. The van der Waals surface area contributed by atoms with Crippen LogP contribution in [0.3, 0.4) is 0 Å². The molecule has 1 aliphatic heterocycles. The van der Waals surface area contributed by atoms with Gasteiger partial charge < -0.3 is 5.32 Å². The summed E-state index contributed by atoms with van der Waals surface area (Å²) in [5.74, 6) is 1.51. The van der Waals surface area contributed by atoms with Crippen molar-refractivity contribution in [3.05, 3.63) is 54.2 Å². The van der Waals surface area contributed by atoms with Crippen molar-refractivity contribution in [3.63, 3.8) is 0 Å². The number of nitrogens with one attached hydrogen (secondary N) is 1. The fourth-order valence-corrected chi connectivity index (χ4v) is 4.48. The predicted octanol–water partition coefficient (Wildman–Crippen LogP) is 4.36. The molecule has 0 aliphatic carbocycles. The fourth-order valence-electron chi connectivity index (χ4n) is 3.73. The summed E-state index contributed by atoms with van der Waals surface area (Å²) in [7, 11) is 5.84. The van der Waals surface area contributed by atoms with Crippen LogP contribution in [-0.4, -0.2) is 35.8 Å². The summed E-state index contributed by atoms with van der Waals surface area (Å²) in [6.07, 6.45) is 5.73. The summed E-state index contributed by atoms with van der Waals surface area (Å²) in [6.45, 7) is 5.71. The number of anilines is 2. The van der Waals surface area contributed by atoms with Crippen LogP contribution in [0.25, 0.3) is 10.6 Å². The van der Waals surface area contributed by atoms with Gasteiger partial charge in [0.05, 0.1) is 10.6 Å². The Morgan fingerprint density at radius 1 is 1.18 bits per heavy atom. The predicted molar refractivity (Wildman–Crippen MR) is 119 cm³/mol. The Balaban J connectivity index is 1.42. The molecule has 0 saturated carbocycles. The lowest BCUT2D eigenvalue weighted by atomic mass is 9.94. The maximum atomic E-state index is 5.84. The van der Waals surface area contributed by atoms with Gasteiger partial charge in [0.1, 0.15) is 7.85 Å². The Kier molecular flexibility index (Phi) is 6.08. The van der Waals surface area contributed by atoms with Crippen LogP contribution < -0.4 is 10.1 Å². The van der Waals surface area contributed by atoms with Gasteiger partial charge in [0.2, 0.25) is 5.95 Å². The van der Waals surface area contributed by atoms with Gasteiger partial charge in [0, 0.05) is 18.4 Å². The average molecular weight is 388 g/mol. The zero-order valence-corrected chi connectivity index (χ0v) is 17.1. The Bertz CT molecular complexity index is 918. The Morgan fingerprint density at radius 3 is 2.79 bits per heavy atom. The summed E-state index contributed by atoms with van der Waals surface area (Å²) >= 11 is 1.53. The van der Waals surface area contributed by atoms with Crippen LogP contribution >= 0.6 is 11.3 Å². The van der Waals surface area contributed by atoms with Crippen LogP contribution in [0, 0.1) is 5.92 Å². The SMILES string of the molecule is [B]c1ccc(-c2ccnc(Nc3cccc(CN4CCC(CC)CC4)c3)n2)s1. The molecule has 4 rings (SSSR count). The Labute approximate surface area is 172 Å². The molecule has 2 radical (unpaired) electrons. The van der Waals surface area contributed by atoms with Gasteiger partial charge in [-0.05, 0) is 66.5 Å². The quantitative estimate of drug-likeness (QED) is 0.637. The van der Waals surface area contributed by atoms with Gasteiger partial charge in [-0.25, -0.2) is 9.97 Å². The first-order chi connectivity index (χ1) is 13.7. The van der Waals surface area contributed by atoms with Gasteiger partial charge in [-0.1, -0.05) is 31.5 Å². The van der Waals surface area contributed by atoms with Gasteiger partial charge in [-0.15, -0.1) is 0 Å². The molecule has 6 heteroatoms. The lowest BCUT2D eigenvalue weighted by molar-refractivity contribution is 0.175. The van der Waals surface area contributed by atoms with Crippen molar-refractivity contribution in [2.24, 2.45) is 5.92 Å². The van der Waals surface area contributed by atoms with E-state index in [4.69, 9.17) is 7.85 Å². The number of hydrogen-bond donors (Lipinski definition) is 1. The molecule has 1 aromatic carbocycles. The van der Waals surface area contributed by atoms with Crippen LogP contribution in [0.2, 0.25) is 0 Å². The Hall–Kier alpha value is -2.18. The minimum atomic E-state index is 0.602. The second kappa shape index (κ2) is 8.88. The van der Waals surface area contributed by atoms with Crippen molar-refractivity contribution >= 4 is 35.6 Å². The molecule has 0 unspecified atom stereocenters. The lowest BCUT2D eigenvalue weighted by Crippen LogP contribution is -2.32. The molecule has 1 N–H and O–H groups in total. The first-order valence-electron chi connectivity index (χ1n) is 9.96. The van der Waals surface area contributed by atoms with Gasteiger partial charge in [0.15, 0.2) is 0 Å². The number of thiophene rings is 1. The molecule has 4 nitrogen and oxygen atoms in total. The molecule has 1 aliphatic rings. The molecule has 28 heavy (non-hydrogen) atoms. The zero-order chi connectivity index (χ0) is 19.3. The van der Waals surface area contributed by atoms with E-state index in [1.165, 1.54) is 49.3 Å². The molecular weight excluding hydrogens is 363 g/mol. The lowest BCUT2D eigenvalue weighted by Gasteiger charge is -2.31. The van der Waals surface area contributed by atoms with E-state index in [0.717, 1.165) is 33.5 Å². The van der Waals surface area contributed by atoms with Gasteiger partial charge in [-0.2, -0.15) is 11.3 Å². The maximum Gasteiger partial charge on any atom is 0.227 e. The third kappa shape index (κ3) is 4.81. The third-order valence-corrected chi connectivity index (χ3v) is 6.35. The molecule has 142 valence electrons. The molecule has 2 aromatic heterocycles. The molecule has 1 saturated heterocycles. The fraction of sp³-hybridized carbons (Fsp3) is 0.364. The van der Waals surface area contributed by atoms with E-state index in [2.05, 4.69) is 51.4 Å². The molecular formula is C22H25BN4S. The first kappa shape index (κ1) is 19.2. The second-order valence-corrected chi connectivity index (χ2v) is 8.54. The van der Waals surface area contributed by atoms with Gasteiger partial charge in [-0.3, -0.25) is 4.90 Å². The summed E-state index contributed by atoms with van der Waals surface area (Å²) in [4.78, 5) is 12.6. The van der Waals surface area contributed by atoms with Crippen molar-refractivity contribution in [2.45, 2.75) is 32.7 Å². The van der Waals surface area contributed by atoms with E-state index in [0.29, 0.717) is 5.95 Å². The minimum absolute atomic E-state index is 0.602. The van der Waals surface area contributed by atoms with E-state index in [-0.39, 0.29) is 0 Å². The van der Waals surface area contributed by atoms with Gasteiger partial charge >= 0.3 is 0 Å². The van der Waals surface area contributed by atoms with Crippen molar-refractivity contribution < 1.29 is 0 Å². The molecule has 0 amide bonds. The molecule has 0 bridgehead atoms. The van der Waals surface area contributed by atoms with Crippen LogP contribution in [0.15, 0.2) is 48.7 Å². The topological polar surface area (TPSA) is 41.1 Å². The molecule has 0 atom stereocenters. The van der Waals surface area contributed by atoms with E-state index < -0.39 is 0 Å². The molecule has 0 spiro atoms. The highest BCUT2D eigenvalue weighted by Gasteiger charge is 2.17. The van der Waals surface area contributed by atoms with Crippen LogP contribution in [0.1, 0.15) is 31.7 Å². The normalized spacial score (nSPS) is 15.6. The van der Waals surface area contributed by atoms with Crippen LogP contribution in [0.4, 0.5) is 11.6 Å². The number of benzene rings is 1. The highest BCUT2D eigenvalue weighted by atomic mass is 32.1. The second-order valence-electron chi connectivity index (χ2n) is 7.42. The van der Waals surface area contributed by atoms with Gasteiger partial charge in [0.25, 0.3) is 0 Å². The van der Waals surface area contributed by atoms with Crippen LogP contribution in [0.5, 0.6) is 0 Å². The van der Waals surface area contributed by atoms with E-state index in [1.807, 2.05) is 18.2 Å². The summed E-state index contributed by atoms with van der Waals surface area (Å²) in [5.41, 5.74) is 3.22. The highest BCUT2D eigenvalue weighted by Crippen LogP contribution is 2.24. The number of hydrogen-bond acceptors (Lipinski definition) is 5. The third-order valence-electron chi connectivity index (χ3n) is 5.41.